The molecule has 1 aromatic heterocycles. The smallest absolute Gasteiger partial charge is 0.244 e. The predicted molar refractivity (Wildman–Crippen MR) is 73.8 cm³/mol. The number of benzene rings is 1. The zero-order valence-electron chi connectivity index (χ0n) is 11.1. The van der Waals surface area contributed by atoms with E-state index in [9.17, 15) is 9.18 Å². The standard InChI is InChI=1S/C15H15FN2O2/c1-18-7-6-12(15(18)19)17-13-9-10(4-5-11(13)16)14-3-2-8-20-14/h2-5,8-9,12,17H,6-7H2,1H3. The van der Waals surface area contributed by atoms with Crippen molar-refractivity contribution in [1.29, 1.82) is 0 Å². The number of hydrogen-bond donors (Lipinski definition) is 1. The molecular weight excluding hydrogens is 259 g/mol. The molecule has 5 heteroatoms. The van der Waals surface area contributed by atoms with Crippen LogP contribution in [0.2, 0.25) is 0 Å². The van der Waals surface area contributed by atoms with E-state index in [0.717, 1.165) is 5.56 Å². The molecule has 2 aromatic rings. The summed E-state index contributed by atoms with van der Waals surface area (Å²) in [4.78, 5) is 13.5. The average Bonchev–Trinajstić information content (AvgIpc) is 3.07. The van der Waals surface area contributed by atoms with Crippen LogP contribution in [0.4, 0.5) is 10.1 Å². The Hall–Kier alpha value is -2.30. The molecule has 1 saturated heterocycles. The first-order chi connectivity index (χ1) is 9.65. The minimum absolute atomic E-state index is 0.00667. The highest BCUT2D eigenvalue weighted by Gasteiger charge is 2.29. The number of amides is 1. The van der Waals surface area contributed by atoms with Crippen LogP contribution >= 0.6 is 0 Å². The van der Waals surface area contributed by atoms with Gasteiger partial charge in [-0.1, -0.05) is 0 Å². The molecule has 2 heterocycles. The summed E-state index contributed by atoms with van der Waals surface area (Å²) in [6.07, 6.45) is 2.25. The molecule has 3 rings (SSSR count). The van der Waals surface area contributed by atoms with Crippen molar-refractivity contribution in [2.24, 2.45) is 0 Å². The van der Waals surface area contributed by atoms with E-state index < -0.39 is 0 Å². The molecule has 1 aliphatic heterocycles. The van der Waals surface area contributed by atoms with Crippen molar-refractivity contribution in [3.8, 4) is 11.3 Å². The second-order valence-corrected chi connectivity index (χ2v) is 4.92. The van der Waals surface area contributed by atoms with Crippen molar-refractivity contribution in [3.63, 3.8) is 0 Å². The molecule has 1 amide bonds. The molecule has 1 aromatic carbocycles. The largest absolute Gasteiger partial charge is 0.464 e. The molecule has 1 fully saturated rings. The van der Waals surface area contributed by atoms with Crippen molar-refractivity contribution < 1.29 is 13.6 Å². The number of halogens is 1. The van der Waals surface area contributed by atoms with Crippen LogP contribution < -0.4 is 5.32 Å². The molecule has 1 atom stereocenters. The molecule has 20 heavy (non-hydrogen) atoms. The molecule has 0 spiro atoms. The van der Waals surface area contributed by atoms with Crippen LogP contribution in [0.1, 0.15) is 6.42 Å². The number of nitrogens with one attached hydrogen (secondary N) is 1. The van der Waals surface area contributed by atoms with Crippen molar-refractivity contribution in [2.45, 2.75) is 12.5 Å². The van der Waals surface area contributed by atoms with Crippen molar-refractivity contribution in [2.75, 3.05) is 18.9 Å². The minimum atomic E-state index is -0.373. The van der Waals surface area contributed by atoms with Gasteiger partial charge in [0.1, 0.15) is 17.6 Å². The van der Waals surface area contributed by atoms with Crippen molar-refractivity contribution >= 4 is 11.6 Å². The number of hydrogen-bond acceptors (Lipinski definition) is 3. The van der Waals surface area contributed by atoms with Gasteiger partial charge >= 0.3 is 0 Å². The highest BCUT2D eigenvalue weighted by Crippen LogP contribution is 2.26. The SMILES string of the molecule is CN1CCC(Nc2cc(-c3ccco3)ccc2F)C1=O. The van der Waals surface area contributed by atoms with Crippen LogP contribution in [-0.2, 0) is 4.79 Å². The first kappa shape index (κ1) is 12.7. The highest BCUT2D eigenvalue weighted by atomic mass is 19.1. The second-order valence-electron chi connectivity index (χ2n) is 4.92. The number of carbonyl (C=O) groups is 1. The first-order valence-corrected chi connectivity index (χ1v) is 6.50. The number of likely N-dealkylation sites (tertiary alicyclic amines) is 1. The molecule has 1 unspecified atom stereocenters. The van der Waals surface area contributed by atoms with E-state index in [2.05, 4.69) is 5.32 Å². The van der Waals surface area contributed by atoms with Gasteiger partial charge in [0.25, 0.3) is 0 Å². The lowest BCUT2D eigenvalue weighted by Crippen LogP contribution is -2.31. The Kier molecular flexibility index (Phi) is 3.18. The molecule has 1 N–H and O–H groups in total. The predicted octanol–water partition coefficient (Wildman–Crippen LogP) is 2.73. The van der Waals surface area contributed by atoms with E-state index >= 15 is 0 Å². The van der Waals surface area contributed by atoms with Crippen molar-refractivity contribution in [1.82, 2.24) is 4.90 Å². The third-order valence-electron chi connectivity index (χ3n) is 3.53. The maximum absolute atomic E-state index is 13.9. The summed E-state index contributed by atoms with van der Waals surface area (Å²) in [7, 11) is 1.75. The number of anilines is 1. The van der Waals surface area contributed by atoms with Crippen LogP contribution in [0.3, 0.4) is 0 Å². The fraction of sp³-hybridized carbons (Fsp3) is 0.267. The Labute approximate surface area is 116 Å². The molecule has 0 radical (unpaired) electrons. The summed E-state index contributed by atoms with van der Waals surface area (Å²) < 4.78 is 19.2. The van der Waals surface area contributed by atoms with Gasteiger partial charge in [0.15, 0.2) is 0 Å². The van der Waals surface area contributed by atoms with Gasteiger partial charge in [-0.25, -0.2) is 4.39 Å². The van der Waals surface area contributed by atoms with Crippen LogP contribution in [0.15, 0.2) is 41.0 Å². The summed E-state index contributed by atoms with van der Waals surface area (Å²) in [6, 6.07) is 7.93. The average molecular weight is 274 g/mol. The van der Waals surface area contributed by atoms with Gasteiger partial charge in [-0.2, -0.15) is 0 Å². The molecule has 0 saturated carbocycles. The summed E-state index contributed by atoms with van der Waals surface area (Å²) in [5, 5.41) is 2.98. The Balaban J connectivity index is 1.86. The summed E-state index contributed by atoms with van der Waals surface area (Å²) in [5.41, 5.74) is 1.10. The van der Waals surface area contributed by atoms with Crippen molar-refractivity contribution in [3.05, 3.63) is 42.4 Å². The number of nitrogens with zero attached hydrogens (tertiary/aromatic N) is 1. The Morgan fingerprint density at radius 2 is 2.25 bits per heavy atom. The first-order valence-electron chi connectivity index (χ1n) is 6.50. The second kappa shape index (κ2) is 5.00. The van der Waals surface area contributed by atoms with E-state index in [1.54, 1.807) is 36.4 Å². The Bertz CT molecular complexity index is 625. The molecule has 0 aliphatic carbocycles. The zero-order chi connectivity index (χ0) is 14.1. The summed E-state index contributed by atoms with van der Waals surface area (Å²) >= 11 is 0. The Morgan fingerprint density at radius 1 is 1.40 bits per heavy atom. The van der Waals surface area contributed by atoms with Gasteiger partial charge in [-0.3, -0.25) is 4.79 Å². The van der Waals surface area contributed by atoms with Gasteiger partial charge < -0.3 is 14.6 Å². The lowest BCUT2D eigenvalue weighted by molar-refractivity contribution is -0.127. The van der Waals surface area contributed by atoms with Gasteiger partial charge in [0.05, 0.1) is 12.0 Å². The van der Waals surface area contributed by atoms with Gasteiger partial charge in [0, 0.05) is 19.2 Å². The number of likely N-dealkylation sites (N-methyl/N-ethyl adjacent to an activating group) is 1. The summed E-state index contributed by atoms with van der Waals surface area (Å²) in [6.45, 7) is 0.690. The summed E-state index contributed by atoms with van der Waals surface area (Å²) in [5.74, 6) is 0.290. The normalized spacial score (nSPS) is 18.6. The van der Waals surface area contributed by atoms with Gasteiger partial charge in [0.2, 0.25) is 5.91 Å². The van der Waals surface area contributed by atoms with Crippen LogP contribution in [-0.4, -0.2) is 30.4 Å². The molecular formula is C15H15FN2O2. The zero-order valence-corrected chi connectivity index (χ0v) is 11.1. The van der Waals surface area contributed by atoms with Gasteiger partial charge in [-0.15, -0.1) is 0 Å². The van der Waals surface area contributed by atoms with Crippen LogP contribution in [0.5, 0.6) is 0 Å². The molecule has 0 bridgehead atoms. The number of rotatable bonds is 3. The third-order valence-corrected chi connectivity index (χ3v) is 3.53. The van der Waals surface area contributed by atoms with Gasteiger partial charge in [-0.05, 0) is 36.8 Å². The maximum atomic E-state index is 13.9. The monoisotopic (exact) mass is 274 g/mol. The number of furan rings is 1. The van der Waals surface area contributed by atoms with E-state index in [0.29, 0.717) is 24.4 Å². The molecule has 4 nitrogen and oxygen atoms in total. The van der Waals surface area contributed by atoms with E-state index in [1.165, 1.54) is 6.07 Å². The van der Waals surface area contributed by atoms with E-state index in [4.69, 9.17) is 4.42 Å². The topological polar surface area (TPSA) is 45.5 Å². The third kappa shape index (κ3) is 2.27. The maximum Gasteiger partial charge on any atom is 0.244 e. The lowest BCUT2D eigenvalue weighted by atomic mass is 10.1. The molecule has 104 valence electrons. The number of carbonyl (C=O) groups excluding carboxylic acids is 1. The fourth-order valence-corrected chi connectivity index (χ4v) is 2.38. The Morgan fingerprint density at radius 3 is 2.90 bits per heavy atom. The quantitative estimate of drug-likeness (QED) is 0.936. The van der Waals surface area contributed by atoms with E-state index in [1.807, 2.05) is 6.07 Å². The highest BCUT2D eigenvalue weighted by molar-refractivity contribution is 5.86. The van der Waals surface area contributed by atoms with Crippen LogP contribution in [0, 0.1) is 5.82 Å². The van der Waals surface area contributed by atoms with E-state index in [-0.39, 0.29) is 17.8 Å². The molecule has 1 aliphatic rings. The van der Waals surface area contributed by atoms with Crippen LogP contribution in [0.25, 0.3) is 11.3 Å². The fourth-order valence-electron chi connectivity index (χ4n) is 2.38. The minimum Gasteiger partial charge on any atom is -0.464 e. The lowest BCUT2D eigenvalue weighted by Gasteiger charge is -2.14.